The van der Waals surface area contributed by atoms with E-state index in [1.165, 1.54) is 10.4 Å². The van der Waals surface area contributed by atoms with Gasteiger partial charge in [0.15, 0.2) is 0 Å². The lowest BCUT2D eigenvalue weighted by atomic mass is 10.2. The van der Waals surface area contributed by atoms with Crippen LogP contribution in [-0.2, 0) is 6.54 Å². The van der Waals surface area contributed by atoms with Crippen LogP contribution >= 0.6 is 27.3 Å². The molecule has 3 nitrogen and oxygen atoms in total. The normalized spacial score (nSPS) is 10.3. The number of aryl methyl sites for hydroxylation is 1. The van der Waals surface area contributed by atoms with Crippen molar-refractivity contribution in [3.63, 3.8) is 0 Å². The zero-order valence-corrected chi connectivity index (χ0v) is 12.3. The highest BCUT2D eigenvalue weighted by molar-refractivity contribution is 9.10. The Balaban J connectivity index is 2.04. The lowest BCUT2D eigenvalue weighted by molar-refractivity contribution is 0.0951. The average Bonchev–Trinajstić information content (AvgIpc) is 2.75. The Morgan fingerprint density at radius 1 is 1.44 bits per heavy atom. The Hall–Kier alpha value is -1.33. The van der Waals surface area contributed by atoms with Gasteiger partial charge in [-0.1, -0.05) is 0 Å². The average molecular weight is 325 g/mol. The SMILES string of the molecule is Cc1ccsc1CNC(=O)c1ccc(N)c(Br)c1. The van der Waals surface area contributed by atoms with Crippen LogP contribution in [-0.4, -0.2) is 5.91 Å². The summed E-state index contributed by atoms with van der Waals surface area (Å²) in [7, 11) is 0. The highest BCUT2D eigenvalue weighted by Crippen LogP contribution is 2.20. The monoisotopic (exact) mass is 324 g/mol. The molecular formula is C13H13BrN2OS. The van der Waals surface area contributed by atoms with Gasteiger partial charge in [-0.2, -0.15) is 0 Å². The first-order chi connectivity index (χ1) is 8.58. The minimum atomic E-state index is -0.0940. The fourth-order valence-corrected chi connectivity index (χ4v) is 2.74. The van der Waals surface area contributed by atoms with Gasteiger partial charge in [0.25, 0.3) is 5.91 Å². The van der Waals surface area contributed by atoms with Gasteiger partial charge in [-0.15, -0.1) is 11.3 Å². The number of amides is 1. The lowest BCUT2D eigenvalue weighted by Crippen LogP contribution is -2.22. The Labute approximate surface area is 118 Å². The standard InChI is InChI=1S/C13H13BrN2OS/c1-8-4-5-18-12(8)7-16-13(17)9-2-3-11(15)10(14)6-9/h2-6H,7,15H2,1H3,(H,16,17). The van der Waals surface area contributed by atoms with Gasteiger partial charge in [-0.25, -0.2) is 0 Å². The van der Waals surface area contributed by atoms with E-state index in [0.29, 0.717) is 17.8 Å². The largest absolute Gasteiger partial charge is 0.398 e. The molecule has 0 radical (unpaired) electrons. The number of rotatable bonds is 3. The van der Waals surface area contributed by atoms with Crippen molar-refractivity contribution < 1.29 is 4.79 Å². The van der Waals surface area contributed by atoms with E-state index in [0.717, 1.165) is 4.47 Å². The first kappa shape index (κ1) is 13.1. The molecule has 0 saturated heterocycles. The molecule has 18 heavy (non-hydrogen) atoms. The second-order valence-corrected chi connectivity index (χ2v) is 5.80. The topological polar surface area (TPSA) is 55.1 Å². The number of halogens is 1. The van der Waals surface area contributed by atoms with Crippen molar-refractivity contribution >= 4 is 38.9 Å². The summed E-state index contributed by atoms with van der Waals surface area (Å²) in [6.07, 6.45) is 0. The molecule has 0 bridgehead atoms. The Bertz CT molecular complexity index is 580. The van der Waals surface area contributed by atoms with E-state index in [4.69, 9.17) is 5.73 Å². The molecule has 1 amide bonds. The molecule has 0 fully saturated rings. The van der Waals surface area contributed by atoms with Crippen molar-refractivity contribution in [2.75, 3.05) is 5.73 Å². The van der Waals surface area contributed by atoms with Gasteiger partial charge >= 0.3 is 0 Å². The number of hydrogen-bond donors (Lipinski definition) is 2. The molecule has 3 N–H and O–H groups in total. The van der Waals surface area contributed by atoms with Gasteiger partial charge in [0.05, 0.1) is 6.54 Å². The van der Waals surface area contributed by atoms with Crippen molar-refractivity contribution in [1.29, 1.82) is 0 Å². The van der Waals surface area contributed by atoms with Crippen LogP contribution < -0.4 is 11.1 Å². The summed E-state index contributed by atoms with van der Waals surface area (Å²) in [5.74, 6) is -0.0940. The van der Waals surface area contributed by atoms with Crippen LogP contribution in [0.3, 0.4) is 0 Å². The number of nitrogen functional groups attached to an aromatic ring is 1. The predicted molar refractivity (Wildman–Crippen MR) is 78.8 cm³/mol. The summed E-state index contributed by atoms with van der Waals surface area (Å²) in [5, 5.41) is 4.92. The molecule has 0 atom stereocenters. The van der Waals surface area contributed by atoms with Gasteiger partial charge in [-0.05, 0) is 58.1 Å². The van der Waals surface area contributed by atoms with E-state index < -0.39 is 0 Å². The molecular weight excluding hydrogens is 312 g/mol. The highest BCUT2D eigenvalue weighted by Gasteiger charge is 2.08. The molecule has 2 aromatic rings. The summed E-state index contributed by atoms with van der Waals surface area (Å²) >= 11 is 4.96. The van der Waals surface area contributed by atoms with E-state index in [1.54, 1.807) is 29.5 Å². The zero-order chi connectivity index (χ0) is 13.1. The first-order valence-electron chi connectivity index (χ1n) is 5.44. The predicted octanol–water partition coefficient (Wildman–Crippen LogP) is 3.33. The summed E-state index contributed by atoms with van der Waals surface area (Å²) in [5.41, 5.74) is 8.12. The van der Waals surface area contributed by atoms with Crippen LogP contribution in [0.1, 0.15) is 20.8 Å². The number of carbonyl (C=O) groups excluding carboxylic acids is 1. The molecule has 0 spiro atoms. The van der Waals surface area contributed by atoms with E-state index >= 15 is 0 Å². The molecule has 0 unspecified atom stereocenters. The molecule has 0 aliphatic heterocycles. The number of nitrogens with one attached hydrogen (secondary N) is 1. The van der Waals surface area contributed by atoms with Crippen LogP contribution in [0.5, 0.6) is 0 Å². The number of nitrogens with two attached hydrogens (primary N) is 1. The van der Waals surface area contributed by atoms with E-state index in [1.807, 2.05) is 18.4 Å². The van der Waals surface area contributed by atoms with Crippen molar-refractivity contribution in [1.82, 2.24) is 5.32 Å². The van der Waals surface area contributed by atoms with Gasteiger partial charge in [-0.3, -0.25) is 4.79 Å². The van der Waals surface area contributed by atoms with Crippen molar-refractivity contribution in [3.8, 4) is 0 Å². The molecule has 94 valence electrons. The maximum Gasteiger partial charge on any atom is 0.251 e. The van der Waals surface area contributed by atoms with Gasteiger partial charge in [0.1, 0.15) is 0 Å². The highest BCUT2D eigenvalue weighted by atomic mass is 79.9. The molecule has 5 heteroatoms. The Morgan fingerprint density at radius 3 is 2.83 bits per heavy atom. The lowest BCUT2D eigenvalue weighted by Gasteiger charge is -2.06. The first-order valence-corrected chi connectivity index (χ1v) is 7.11. The third-order valence-corrected chi connectivity index (χ3v) is 4.35. The fraction of sp³-hybridized carbons (Fsp3) is 0.154. The molecule has 2 rings (SSSR count). The quantitative estimate of drug-likeness (QED) is 0.851. The van der Waals surface area contributed by atoms with Gasteiger partial charge in [0.2, 0.25) is 0 Å². The summed E-state index contributed by atoms with van der Waals surface area (Å²) in [6, 6.07) is 7.21. The van der Waals surface area contributed by atoms with E-state index in [9.17, 15) is 4.79 Å². The Kier molecular flexibility index (Phi) is 4.04. The van der Waals surface area contributed by atoms with Crippen LogP contribution in [0.4, 0.5) is 5.69 Å². The number of carbonyl (C=O) groups is 1. The van der Waals surface area contributed by atoms with Crippen molar-refractivity contribution in [2.45, 2.75) is 13.5 Å². The molecule has 0 aliphatic carbocycles. The number of anilines is 1. The smallest absolute Gasteiger partial charge is 0.251 e. The number of hydrogen-bond acceptors (Lipinski definition) is 3. The summed E-state index contributed by atoms with van der Waals surface area (Å²) in [4.78, 5) is 13.1. The van der Waals surface area contributed by atoms with Crippen LogP contribution in [0.25, 0.3) is 0 Å². The minimum absolute atomic E-state index is 0.0940. The molecule has 1 aromatic heterocycles. The van der Waals surface area contributed by atoms with E-state index in [2.05, 4.69) is 21.2 Å². The second-order valence-electron chi connectivity index (χ2n) is 3.95. The summed E-state index contributed by atoms with van der Waals surface area (Å²) < 4.78 is 0.738. The van der Waals surface area contributed by atoms with Gasteiger partial charge in [0, 0.05) is 20.6 Å². The van der Waals surface area contributed by atoms with Gasteiger partial charge < -0.3 is 11.1 Å². The second kappa shape index (κ2) is 5.54. The molecule has 1 heterocycles. The molecule has 0 saturated carbocycles. The maximum absolute atomic E-state index is 11.9. The minimum Gasteiger partial charge on any atom is -0.398 e. The van der Waals surface area contributed by atoms with Crippen LogP contribution in [0.2, 0.25) is 0 Å². The third-order valence-electron chi connectivity index (χ3n) is 2.64. The molecule has 0 aliphatic rings. The molecule has 1 aromatic carbocycles. The maximum atomic E-state index is 11.9. The Morgan fingerprint density at radius 2 is 2.22 bits per heavy atom. The van der Waals surface area contributed by atoms with Crippen LogP contribution in [0, 0.1) is 6.92 Å². The number of benzene rings is 1. The summed E-state index contributed by atoms with van der Waals surface area (Å²) in [6.45, 7) is 2.60. The van der Waals surface area contributed by atoms with Crippen molar-refractivity contribution in [2.24, 2.45) is 0 Å². The van der Waals surface area contributed by atoms with Crippen LogP contribution in [0.15, 0.2) is 34.1 Å². The zero-order valence-electron chi connectivity index (χ0n) is 9.87. The van der Waals surface area contributed by atoms with E-state index in [-0.39, 0.29) is 5.91 Å². The van der Waals surface area contributed by atoms with Crippen molar-refractivity contribution in [3.05, 3.63) is 50.1 Å². The number of thiophene rings is 1. The third kappa shape index (κ3) is 2.91. The fourth-order valence-electron chi connectivity index (χ4n) is 1.52.